The van der Waals surface area contributed by atoms with Gasteiger partial charge in [0.2, 0.25) is 0 Å². The molecule has 2 aromatic carbocycles. The van der Waals surface area contributed by atoms with E-state index in [9.17, 15) is 0 Å². The summed E-state index contributed by atoms with van der Waals surface area (Å²) in [7, 11) is -2.12. The third-order valence-electron chi connectivity index (χ3n) is 6.88. The first kappa shape index (κ1) is 30.7. The van der Waals surface area contributed by atoms with E-state index in [0.29, 0.717) is 11.3 Å². The van der Waals surface area contributed by atoms with Crippen molar-refractivity contribution in [3.63, 3.8) is 0 Å². The maximum atomic E-state index is 7.19. The Hall–Kier alpha value is -0.493. The highest BCUT2D eigenvalue weighted by Gasteiger charge is 2.42. The van der Waals surface area contributed by atoms with E-state index in [1.165, 1.54) is 5.56 Å². The Balaban J connectivity index is 2.61. The van der Waals surface area contributed by atoms with Crippen LogP contribution in [0.15, 0.2) is 48.5 Å². The summed E-state index contributed by atoms with van der Waals surface area (Å²) in [5.41, 5.74) is 2.27. The Morgan fingerprint density at radius 1 is 0.914 bits per heavy atom. The highest BCUT2D eigenvalue weighted by atomic mass is 35.5. The van der Waals surface area contributed by atoms with Crippen LogP contribution in [0, 0.1) is 0 Å². The Bertz CT molecular complexity index is 937. The Kier molecular flexibility index (Phi) is 10.9. The average Bonchev–Trinajstić information content (AvgIpc) is 2.72. The summed E-state index contributed by atoms with van der Waals surface area (Å²) in [6, 6.07) is 16.6. The zero-order chi connectivity index (χ0) is 26.6. The third-order valence-corrected chi connectivity index (χ3v) is 13.2. The highest BCUT2D eigenvalue weighted by Crippen LogP contribution is 2.44. The number of benzene rings is 2. The molecule has 196 valence electrons. The predicted molar refractivity (Wildman–Crippen MR) is 161 cm³/mol. The quantitative estimate of drug-likeness (QED) is 0.295. The summed E-state index contributed by atoms with van der Waals surface area (Å²) in [4.78, 5) is 0. The molecule has 1 N–H and O–H groups in total. The van der Waals surface area contributed by atoms with Crippen molar-refractivity contribution in [2.24, 2.45) is 0 Å². The van der Waals surface area contributed by atoms with E-state index in [-0.39, 0.29) is 21.9 Å². The number of thioether (sulfide) groups is 1. The van der Waals surface area contributed by atoms with Gasteiger partial charge in [-0.25, -0.2) is 0 Å². The molecule has 0 radical (unpaired) electrons. The Morgan fingerprint density at radius 3 is 2.00 bits per heavy atom. The monoisotopic (exact) mass is 553 g/mol. The first-order valence-corrected chi connectivity index (χ1v) is 17.2. The van der Waals surface area contributed by atoms with E-state index < -0.39 is 8.32 Å². The van der Waals surface area contributed by atoms with Gasteiger partial charge in [-0.05, 0) is 59.9 Å². The van der Waals surface area contributed by atoms with E-state index in [4.69, 9.17) is 27.6 Å². The lowest BCUT2D eigenvalue weighted by Crippen LogP contribution is -2.47. The fraction of sp³-hybridized carbons (Fsp3) is 0.586. The van der Waals surface area contributed by atoms with E-state index in [0.717, 1.165) is 22.0 Å². The van der Waals surface area contributed by atoms with Crippen LogP contribution in [0.25, 0.3) is 0 Å². The molecule has 0 aliphatic rings. The molecule has 2 aromatic rings. The number of hydrogen-bond donors (Lipinski definition) is 1. The normalized spacial score (nSPS) is 16.6. The van der Waals surface area contributed by atoms with Crippen molar-refractivity contribution in [1.82, 2.24) is 5.32 Å². The molecular formula is C29H45Cl2NOSSi. The molecule has 0 aliphatic heterocycles. The van der Waals surface area contributed by atoms with E-state index in [2.05, 4.69) is 98.1 Å². The lowest BCUT2D eigenvalue weighted by atomic mass is 9.94. The summed E-state index contributed by atoms with van der Waals surface area (Å²) >= 11 is 14.8. The molecule has 0 amide bonds. The second-order valence-electron chi connectivity index (χ2n) is 12.0. The molecule has 2 nitrogen and oxygen atoms in total. The van der Waals surface area contributed by atoms with Gasteiger partial charge in [0, 0.05) is 26.1 Å². The molecule has 0 saturated carbocycles. The van der Waals surface area contributed by atoms with Crippen molar-refractivity contribution in [3.8, 4) is 0 Å². The summed E-state index contributed by atoms with van der Waals surface area (Å²) in [5.74, 6) is 0. The van der Waals surface area contributed by atoms with Crippen molar-refractivity contribution in [1.29, 1.82) is 0 Å². The lowest BCUT2D eigenvalue weighted by molar-refractivity contribution is 0.129. The van der Waals surface area contributed by atoms with Crippen LogP contribution in [0.2, 0.25) is 28.2 Å². The minimum atomic E-state index is -2.12. The maximum Gasteiger partial charge on any atom is 0.193 e. The van der Waals surface area contributed by atoms with Gasteiger partial charge >= 0.3 is 0 Å². The standard InChI is InChI=1S/C29H45Cl2NOSSi/c1-11-25(20(2)34-28(3,4)5)32-26(21-15-17-23(30)18-16-21)27(22-13-12-14-24(31)19-22)33-35(9,10)29(6,7)8/h12-20,25-27,32H,11H2,1-10H3/t20?,25?,26-,27-/m1/s1. The van der Waals surface area contributed by atoms with Crippen LogP contribution in [0.3, 0.4) is 0 Å². The van der Waals surface area contributed by atoms with Gasteiger partial charge in [-0.2, -0.15) is 11.8 Å². The van der Waals surface area contributed by atoms with Gasteiger partial charge in [0.1, 0.15) is 0 Å². The van der Waals surface area contributed by atoms with Crippen molar-refractivity contribution < 1.29 is 4.43 Å². The predicted octanol–water partition coefficient (Wildman–Crippen LogP) is 10.1. The van der Waals surface area contributed by atoms with Crippen LogP contribution in [-0.2, 0) is 4.43 Å². The first-order valence-electron chi connectivity index (χ1n) is 12.7. The van der Waals surface area contributed by atoms with E-state index in [1.54, 1.807) is 0 Å². The SMILES string of the molecule is CCC(N[C@H](c1ccc(Cl)cc1)[C@H](O[Si](C)(C)C(C)(C)C)c1cccc(Cl)c1)C(C)SC(C)(C)C. The van der Waals surface area contributed by atoms with Crippen LogP contribution >= 0.6 is 35.0 Å². The largest absolute Gasteiger partial charge is 0.408 e. The summed E-state index contributed by atoms with van der Waals surface area (Å²) in [5, 5.41) is 6.02. The molecule has 0 heterocycles. The van der Waals surface area contributed by atoms with Crippen molar-refractivity contribution in [2.45, 2.75) is 108 Å². The van der Waals surface area contributed by atoms with Gasteiger partial charge in [0.05, 0.1) is 12.1 Å². The smallest absolute Gasteiger partial charge is 0.193 e. The minimum Gasteiger partial charge on any atom is -0.408 e. The zero-order valence-corrected chi connectivity index (χ0v) is 26.5. The van der Waals surface area contributed by atoms with E-state index in [1.807, 2.05) is 36.0 Å². The van der Waals surface area contributed by atoms with Crippen molar-refractivity contribution in [3.05, 3.63) is 69.7 Å². The third kappa shape index (κ3) is 9.09. The molecule has 0 aliphatic carbocycles. The van der Waals surface area contributed by atoms with Gasteiger partial charge in [0.25, 0.3) is 0 Å². The number of rotatable bonds is 10. The molecule has 0 fully saturated rings. The Labute approximate surface area is 230 Å². The molecule has 6 heteroatoms. The molecule has 0 aromatic heterocycles. The molecular weight excluding hydrogens is 509 g/mol. The molecule has 4 atom stereocenters. The van der Waals surface area contributed by atoms with Gasteiger partial charge in [-0.3, -0.25) is 0 Å². The lowest BCUT2D eigenvalue weighted by Gasteiger charge is -2.43. The number of nitrogens with one attached hydrogen (secondary N) is 1. The van der Waals surface area contributed by atoms with Gasteiger partial charge in [-0.1, -0.05) is 103 Å². The van der Waals surface area contributed by atoms with Gasteiger partial charge in [-0.15, -0.1) is 0 Å². The van der Waals surface area contributed by atoms with Crippen LogP contribution in [0.4, 0.5) is 0 Å². The molecule has 0 saturated heterocycles. The molecule has 35 heavy (non-hydrogen) atoms. The van der Waals surface area contributed by atoms with E-state index >= 15 is 0 Å². The van der Waals surface area contributed by atoms with Gasteiger partial charge in [0.15, 0.2) is 8.32 Å². The maximum absolute atomic E-state index is 7.19. The summed E-state index contributed by atoms with van der Waals surface area (Å²) < 4.78 is 7.38. The van der Waals surface area contributed by atoms with Crippen LogP contribution in [-0.4, -0.2) is 24.4 Å². The van der Waals surface area contributed by atoms with Crippen LogP contribution in [0.5, 0.6) is 0 Å². The molecule has 0 spiro atoms. The van der Waals surface area contributed by atoms with Crippen molar-refractivity contribution in [2.75, 3.05) is 0 Å². The van der Waals surface area contributed by atoms with Gasteiger partial charge < -0.3 is 9.74 Å². The number of halogens is 2. The second kappa shape index (κ2) is 12.4. The number of hydrogen-bond acceptors (Lipinski definition) is 3. The highest BCUT2D eigenvalue weighted by molar-refractivity contribution is 8.01. The second-order valence-corrected chi connectivity index (χ2v) is 19.8. The Morgan fingerprint density at radius 2 is 1.51 bits per heavy atom. The summed E-state index contributed by atoms with van der Waals surface area (Å²) in [6.45, 7) is 22.9. The van der Waals surface area contributed by atoms with Crippen LogP contribution in [0.1, 0.15) is 85.1 Å². The van der Waals surface area contributed by atoms with Crippen LogP contribution < -0.4 is 5.32 Å². The topological polar surface area (TPSA) is 21.3 Å². The van der Waals surface area contributed by atoms with Crippen molar-refractivity contribution >= 4 is 43.3 Å². The molecule has 2 unspecified atom stereocenters. The fourth-order valence-electron chi connectivity index (χ4n) is 3.99. The minimum absolute atomic E-state index is 0.0483. The molecule has 2 rings (SSSR count). The average molecular weight is 555 g/mol. The summed E-state index contributed by atoms with van der Waals surface area (Å²) in [6.07, 6.45) is 0.841. The molecule has 0 bridgehead atoms. The first-order chi connectivity index (χ1) is 16.0. The zero-order valence-electron chi connectivity index (χ0n) is 23.2. The fourth-order valence-corrected chi connectivity index (χ4v) is 7.13.